The van der Waals surface area contributed by atoms with Gasteiger partial charge in [-0.15, -0.1) is 0 Å². The molecule has 3 nitrogen and oxygen atoms in total. The van der Waals surface area contributed by atoms with Crippen LogP contribution in [-0.2, 0) is 5.41 Å². The highest BCUT2D eigenvalue weighted by Gasteiger charge is 2.27. The average molecular weight is 259 g/mol. The molecule has 0 spiro atoms. The van der Waals surface area contributed by atoms with Crippen LogP contribution in [-0.4, -0.2) is 9.97 Å². The van der Waals surface area contributed by atoms with E-state index < -0.39 is 5.41 Å². The molecule has 19 heavy (non-hydrogen) atoms. The Balaban J connectivity index is 2.52. The topological polar surface area (TPSA) is 51.8 Å². The fourth-order valence-electron chi connectivity index (χ4n) is 1.93. The van der Waals surface area contributed by atoms with E-state index in [0.29, 0.717) is 11.6 Å². The van der Waals surface area contributed by atoms with Crippen LogP contribution < -0.4 is 5.73 Å². The van der Waals surface area contributed by atoms with E-state index in [1.54, 1.807) is 12.1 Å². The van der Waals surface area contributed by atoms with Gasteiger partial charge in [-0.1, -0.05) is 12.1 Å². The second-order valence-electron chi connectivity index (χ2n) is 5.27. The lowest BCUT2D eigenvalue weighted by Gasteiger charge is -2.24. The second kappa shape index (κ2) is 4.61. The number of benzene rings is 1. The van der Waals surface area contributed by atoms with E-state index in [2.05, 4.69) is 9.97 Å². The minimum absolute atomic E-state index is 0.250. The van der Waals surface area contributed by atoms with Gasteiger partial charge in [-0.05, 0) is 45.4 Å². The average Bonchev–Trinajstić information content (AvgIpc) is 2.35. The molecule has 100 valence electrons. The van der Waals surface area contributed by atoms with Crippen LogP contribution in [0, 0.1) is 19.7 Å². The number of rotatable bonds is 2. The number of hydrogen-bond donors (Lipinski definition) is 1. The van der Waals surface area contributed by atoms with E-state index in [-0.39, 0.29) is 5.82 Å². The summed E-state index contributed by atoms with van der Waals surface area (Å²) >= 11 is 0. The normalized spacial score (nSPS) is 11.6. The Morgan fingerprint density at radius 3 is 2.16 bits per heavy atom. The Kier molecular flexibility index (Phi) is 3.27. The van der Waals surface area contributed by atoms with Gasteiger partial charge in [-0.3, -0.25) is 0 Å². The van der Waals surface area contributed by atoms with E-state index in [1.165, 1.54) is 12.1 Å². The van der Waals surface area contributed by atoms with Crippen LogP contribution in [0.3, 0.4) is 0 Å². The van der Waals surface area contributed by atoms with Crippen LogP contribution in [0.15, 0.2) is 24.3 Å². The molecule has 0 unspecified atom stereocenters. The van der Waals surface area contributed by atoms with Crippen molar-refractivity contribution in [3.63, 3.8) is 0 Å². The van der Waals surface area contributed by atoms with Crippen molar-refractivity contribution in [2.24, 2.45) is 0 Å². The molecule has 2 N–H and O–H groups in total. The summed E-state index contributed by atoms with van der Waals surface area (Å²) in [4.78, 5) is 8.90. The van der Waals surface area contributed by atoms with E-state index in [1.807, 2.05) is 27.7 Å². The van der Waals surface area contributed by atoms with Crippen molar-refractivity contribution in [3.05, 3.63) is 52.7 Å². The van der Waals surface area contributed by atoms with Crippen LogP contribution in [0.5, 0.6) is 0 Å². The van der Waals surface area contributed by atoms with Gasteiger partial charge < -0.3 is 5.73 Å². The van der Waals surface area contributed by atoms with Crippen molar-refractivity contribution in [3.8, 4) is 0 Å². The fourth-order valence-corrected chi connectivity index (χ4v) is 1.93. The molecule has 1 heterocycles. The summed E-state index contributed by atoms with van der Waals surface area (Å²) in [6.07, 6.45) is 0. The van der Waals surface area contributed by atoms with Gasteiger partial charge in [0.05, 0.1) is 0 Å². The predicted molar refractivity (Wildman–Crippen MR) is 74.4 cm³/mol. The number of nitrogen functional groups attached to an aromatic ring is 1. The predicted octanol–water partition coefficient (Wildman–Crippen LogP) is 3.14. The first-order valence-electron chi connectivity index (χ1n) is 6.19. The van der Waals surface area contributed by atoms with Crippen molar-refractivity contribution >= 4 is 5.82 Å². The smallest absolute Gasteiger partial charge is 0.140 e. The number of hydrogen-bond acceptors (Lipinski definition) is 3. The third-order valence-electron chi connectivity index (χ3n) is 3.55. The van der Waals surface area contributed by atoms with Crippen molar-refractivity contribution in [2.45, 2.75) is 33.1 Å². The van der Waals surface area contributed by atoms with Crippen LogP contribution in [0.2, 0.25) is 0 Å². The molecule has 0 aliphatic rings. The SMILES string of the molecule is Cc1nc(C(C)(C)c2ccc(F)cc2)nc(N)c1C. The van der Waals surface area contributed by atoms with Crippen LogP contribution in [0.1, 0.15) is 36.5 Å². The Morgan fingerprint density at radius 2 is 1.63 bits per heavy atom. The quantitative estimate of drug-likeness (QED) is 0.901. The maximum atomic E-state index is 13.0. The lowest BCUT2D eigenvalue weighted by Crippen LogP contribution is -2.24. The molecule has 0 atom stereocenters. The summed E-state index contributed by atoms with van der Waals surface area (Å²) in [7, 11) is 0. The molecule has 0 fully saturated rings. The molecule has 0 aliphatic heterocycles. The van der Waals surface area contributed by atoms with Crippen molar-refractivity contribution < 1.29 is 4.39 Å². The first-order chi connectivity index (χ1) is 8.82. The monoisotopic (exact) mass is 259 g/mol. The highest BCUT2D eigenvalue weighted by molar-refractivity contribution is 5.43. The van der Waals surface area contributed by atoms with Gasteiger partial charge in [0.1, 0.15) is 17.5 Å². The van der Waals surface area contributed by atoms with Gasteiger partial charge in [-0.2, -0.15) is 0 Å². The number of halogens is 1. The molecular formula is C15H18FN3. The first kappa shape index (κ1) is 13.5. The summed E-state index contributed by atoms with van der Waals surface area (Å²) in [6, 6.07) is 6.40. The standard InChI is InChI=1S/C15H18FN3/c1-9-10(2)18-14(19-13(9)17)15(3,4)11-5-7-12(16)8-6-11/h5-8H,1-4H3,(H2,17,18,19). The fraction of sp³-hybridized carbons (Fsp3) is 0.333. The van der Waals surface area contributed by atoms with Crippen LogP contribution in [0.25, 0.3) is 0 Å². The number of aryl methyl sites for hydroxylation is 1. The lowest BCUT2D eigenvalue weighted by atomic mass is 9.83. The number of anilines is 1. The highest BCUT2D eigenvalue weighted by Crippen LogP contribution is 2.30. The van der Waals surface area contributed by atoms with Crippen molar-refractivity contribution in [1.29, 1.82) is 0 Å². The molecular weight excluding hydrogens is 241 g/mol. The third-order valence-corrected chi connectivity index (χ3v) is 3.55. The van der Waals surface area contributed by atoms with Gasteiger partial charge in [0.25, 0.3) is 0 Å². The molecule has 4 heteroatoms. The maximum absolute atomic E-state index is 13.0. The minimum Gasteiger partial charge on any atom is -0.383 e. The number of nitrogens with two attached hydrogens (primary N) is 1. The summed E-state index contributed by atoms with van der Waals surface area (Å²) in [5.74, 6) is 0.900. The zero-order valence-electron chi connectivity index (χ0n) is 11.7. The summed E-state index contributed by atoms with van der Waals surface area (Å²) < 4.78 is 13.0. The molecule has 0 amide bonds. The maximum Gasteiger partial charge on any atom is 0.140 e. The highest BCUT2D eigenvalue weighted by atomic mass is 19.1. The molecule has 1 aromatic heterocycles. The first-order valence-corrected chi connectivity index (χ1v) is 6.19. The van der Waals surface area contributed by atoms with Gasteiger partial charge in [0, 0.05) is 16.7 Å². The molecule has 0 bridgehead atoms. The minimum atomic E-state index is -0.416. The molecule has 1 aromatic carbocycles. The van der Waals surface area contributed by atoms with Gasteiger partial charge in [0.2, 0.25) is 0 Å². The van der Waals surface area contributed by atoms with E-state index in [4.69, 9.17) is 5.73 Å². The van der Waals surface area contributed by atoms with Crippen LogP contribution in [0.4, 0.5) is 10.2 Å². The van der Waals surface area contributed by atoms with Crippen molar-refractivity contribution in [2.75, 3.05) is 5.73 Å². The Morgan fingerprint density at radius 1 is 1.05 bits per heavy atom. The molecule has 2 rings (SSSR count). The van der Waals surface area contributed by atoms with Crippen molar-refractivity contribution in [1.82, 2.24) is 9.97 Å². The zero-order valence-corrected chi connectivity index (χ0v) is 11.7. The zero-order chi connectivity index (χ0) is 14.2. The van der Waals surface area contributed by atoms with Gasteiger partial charge >= 0.3 is 0 Å². The molecule has 0 saturated carbocycles. The van der Waals surface area contributed by atoms with Gasteiger partial charge in [-0.25, -0.2) is 14.4 Å². The Labute approximate surface area is 112 Å². The number of nitrogens with zero attached hydrogens (tertiary/aromatic N) is 2. The summed E-state index contributed by atoms with van der Waals surface area (Å²) in [5, 5.41) is 0. The largest absolute Gasteiger partial charge is 0.383 e. The molecule has 0 aliphatic carbocycles. The Hall–Kier alpha value is -1.97. The molecule has 2 aromatic rings. The van der Waals surface area contributed by atoms with E-state index >= 15 is 0 Å². The number of aromatic nitrogens is 2. The molecule has 0 radical (unpaired) electrons. The summed E-state index contributed by atoms with van der Waals surface area (Å²) in [6.45, 7) is 7.82. The Bertz CT molecular complexity index is 580. The second-order valence-corrected chi connectivity index (χ2v) is 5.27. The van der Waals surface area contributed by atoms with E-state index in [0.717, 1.165) is 16.8 Å². The lowest BCUT2D eigenvalue weighted by molar-refractivity contribution is 0.581. The molecule has 0 saturated heterocycles. The summed E-state index contributed by atoms with van der Waals surface area (Å²) in [5.41, 5.74) is 8.22. The van der Waals surface area contributed by atoms with Gasteiger partial charge in [0.15, 0.2) is 0 Å². The third kappa shape index (κ3) is 2.43. The van der Waals surface area contributed by atoms with E-state index in [9.17, 15) is 4.39 Å². The van der Waals surface area contributed by atoms with Crippen LogP contribution >= 0.6 is 0 Å².